The van der Waals surface area contributed by atoms with Gasteiger partial charge in [0.25, 0.3) is 5.91 Å². The molecule has 10 heteroatoms. The Kier molecular flexibility index (Phi) is 6.64. The Balaban J connectivity index is 1.39. The predicted octanol–water partition coefficient (Wildman–Crippen LogP) is 5.51. The van der Waals surface area contributed by atoms with E-state index >= 15 is 0 Å². The molecule has 5 rings (SSSR count). The smallest absolute Gasteiger partial charge is 0.261 e. The van der Waals surface area contributed by atoms with Gasteiger partial charge in [0.15, 0.2) is 0 Å². The summed E-state index contributed by atoms with van der Waals surface area (Å²) in [5, 5.41) is 7.32. The Labute approximate surface area is 219 Å². The largest absolute Gasteiger partial charge is 0.496 e. The molecule has 1 amide bonds. The maximum atomic E-state index is 13.5. The Morgan fingerprint density at radius 2 is 1.97 bits per heavy atom. The molecular weight excluding hydrogens is 495 g/mol. The lowest BCUT2D eigenvalue weighted by molar-refractivity contribution is 0.102. The highest BCUT2D eigenvalue weighted by molar-refractivity contribution is 6.31. The summed E-state index contributed by atoms with van der Waals surface area (Å²) >= 11 is 5.88. The number of nitrogens with two attached hydrogens (primary N) is 1. The molecule has 2 aromatic heterocycles. The van der Waals surface area contributed by atoms with E-state index in [-0.39, 0.29) is 22.7 Å². The maximum Gasteiger partial charge on any atom is 0.261 e. The molecule has 0 spiro atoms. The number of benzene rings is 2. The lowest BCUT2D eigenvalue weighted by Gasteiger charge is -2.16. The number of aryl methyl sites for hydroxylation is 2. The number of ether oxygens (including phenoxy) is 1. The Hall–Kier alpha value is -3.85. The molecule has 2 heterocycles. The maximum absolute atomic E-state index is 13.5. The van der Waals surface area contributed by atoms with Crippen LogP contribution < -0.4 is 15.8 Å². The van der Waals surface area contributed by atoms with E-state index in [1.807, 2.05) is 23.9 Å². The average Bonchev–Trinajstić information content (AvgIpc) is 3.60. The van der Waals surface area contributed by atoms with Gasteiger partial charge in [-0.05, 0) is 55.0 Å². The van der Waals surface area contributed by atoms with E-state index in [1.54, 1.807) is 20.5 Å². The summed E-state index contributed by atoms with van der Waals surface area (Å²) in [6.45, 7) is 0. The van der Waals surface area contributed by atoms with Crippen LogP contribution in [0.3, 0.4) is 0 Å². The van der Waals surface area contributed by atoms with Crippen molar-refractivity contribution in [3.8, 4) is 17.0 Å². The van der Waals surface area contributed by atoms with E-state index in [2.05, 4.69) is 27.5 Å². The Morgan fingerprint density at radius 1 is 1.19 bits per heavy atom. The zero-order valence-corrected chi connectivity index (χ0v) is 21.6. The number of hydrogen-bond acceptors (Lipinski definition) is 5. The lowest BCUT2D eigenvalue weighted by Crippen LogP contribution is -2.16. The third kappa shape index (κ3) is 4.79. The van der Waals surface area contributed by atoms with Gasteiger partial charge >= 0.3 is 0 Å². The molecule has 8 nitrogen and oxygen atoms in total. The van der Waals surface area contributed by atoms with Gasteiger partial charge in [-0.2, -0.15) is 5.10 Å². The number of nitrogen functional groups attached to an aromatic ring is 1. The Bertz CT molecular complexity index is 1480. The number of nitrogens with zero attached hydrogens (tertiary/aromatic N) is 4. The molecule has 3 N–H and O–H groups in total. The second-order valence-corrected chi connectivity index (χ2v) is 9.85. The van der Waals surface area contributed by atoms with Crippen LogP contribution in [-0.4, -0.2) is 32.3 Å². The van der Waals surface area contributed by atoms with Gasteiger partial charge in [0, 0.05) is 37.5 Å². The van der Waals surface area contributed by atoms with E-state index in [4.69, 9.17) is 22.1 Å². The van der Waals surface area contributed by atoms with Crippen LogP contribution in [0.5, 0.6) is 5.75 Å². The number of rotatable bonds is 6. The molecular formula is C27H28ClFN6O2. The molecule has 1 fully saturated rings. The second kappa shape index (κ2) is 9.89. The van der Waals surface area contributed by atoms with Crippen LogP contribution in [0.1, 0.15) is 52.7 Å². The van der Waals surface area contributed by atoms with Crippen molar-refractivity contribution in [2.45, 2.75) is 31.1 Å². The van der Waals surface area contributed by atoms with E-state index in [1.165, 1.54) is 22.9 Å². The summed E-state index contributed by atoms with van der Waals surface area (Å²) in [4.78, 5) is 17.7. The van der Waals surface area contributed by atoms with Gasteiger partial charge in [-0.3, -0.25) is 9.48 Å². The second-order valence-electron chi connectivity index (χ2n) is 9.44. The molecule has 192 valence electrons. The molecule has 0 aliphatic heterocycles. The number of nitrogens with one attached hydrogen (secondary N) is 1. The zero-order valence-electron chi connectivity index (χ0n) is 20.8. The highest BCUT2D eigenvalue weighted by Gasteiger charge is 2.34. The molecule has 0 radical (unpaired) electrons. The fourth-order valence-corrected chi connectivity index (χ4v) is 5.31. The summed E-state index contributed by atoms with van der Waals surface area (Å²) in [6.07, 6.45) is 6.33. The highest BCUT2D eigenvalue weighted by Crippen LogP contribution is 2.47. The van der Waals surface area contributed by atoms with Crippen LogP contribution in [0.2, 0.25) is 5.02 Å². The number of aromatic nitrogens is 4. The number of hydrogen-bond donors (Lipinski definition) is 2. The van der Waals surface area contributed by atoms with Crippen LogP contribution >= 0.6 is 11.6 Å². The summed E-state index contributed by atoms with van der Waals surface area (Å²) in [6, 6.07) is 10.2. The average molecular weight is 523 g/mol. The molecule has 0 saturated heterocycles. The number of carbonyl (C=O) groups is 1. The molecule has 0 bridgehead atoms. The normalized spacial score (nSPS) is 17.2. The molecule has 1 saturated carbocycles. The first-order valence-corrected chi connectivity index (χ1v) is 12.4. The van der Waals surface area contributed by atoms with Gasteiger partial charge in [0.2, 0.25) is 0 Å². The molecule has 4 aromatic rings. The van der Waals surface area contributed by atoms with Crippen molar-refractivity contribution >= 4 is 29.0 Å². The highest BCUT2D eigenvalue weighted by atomic mass is 35.5. The van der Waals surface area contributed by atoms with Crippen molar-refractivity contribution in [3.05, 3.63) is 76.6 Å². The monoisotopic (exact) mass is 522 g/mol. The quantitative estimate of drug-likeness (QED) is 0.348. The molecule has 37 heavy (non-hydrogen) atoms. The van der Waals surface area contributed by atoms with E-state index in [0.717, 1.165) is 41.8 Å². The summed E-state index contributed by atoms with van der Waals surface area (Å²) in [5.41, 5.74) is 10.7. The fraction of sp³-hybridized carbons (Fsp3) is 0.296. The van der Waals surface area contributed by atoms with Gasteiger partial charge in [-0.15, -0.1) is 0 Å². The van der Waals surface area contributed by atoms with Gasteiger partial charge in [0.1, 0.15) is 22.9 Å². The van der Waals surface area contributed by atoms with Crippen molar-refractivity contribution in [1.82, 2.24) is 19.3 Å². The minimum atomic E-state index is -0.554. The Morgan fingerprint density at radius 3 is 2.68 bits per heavy atom. The van der Waals surface area contributed by atoms with E-state index < -0.39 is 11.7 Å². The van der Waals surface area contributed by atoms with Crippen molar-refractivity contribution in [2.24, 2.45) is 14.1 Å². The number of amides is 1. The van der Waals surface area contributed by atoms with Gasteiger partial charge in [0.05, 0.1) is 29.8 Å². The number of imidazole rings is 1. The van der Waals surface area contributed by atoms with Crippen LogP contribution in [0.25, 0.3) is 11.3 Å². The number of methoxy groups -OCH3 is 1. The summed E-state index contributed by atoms with van der Waals surface area (Å²) in [5.74, 6) is 0.437. The van der Waals surface area contributed by atoms with Crippen LogP contribution in [0.4, 0.5) is 15.9 Å². The molecule has 2 atom stereocenters. The number of anilines is 2. The first kappa shape index (κ1) is 24.8. The topological polar surface area (TPSA) is 100.0 Å². The third-order valence-corrected chi connectivity index (χ3v) is 7.31. The first-order chi connectivity index (χ1) is 17.7. The fourth-order valence-electron chi connectivity index (χ4n) is 5.13. The zero-order chi connectivity index (χ0) is 26.3. The lowest BCUT2D eigenvalue weighted by atomic mass is 9.92. The molecule has 1 aliphatic rings. The van der Waals surface area contributed by atoms with Gasteiger partial charge in [-0.1, -0.05) is 23.7 Å². The minimum Gasteiger partial charge on any atom is -0.496 e. The van der Waals surface area contributed by atoms with Crippen molar-refractivity contribution in [3.63, 3.8) is 0 Å². The predicted molar refractivity (Wildman–Crippen MR) is 142 cm³/mol. The summed E-state index contributed by atoms with van der Waals surface area (Å²) < 4.78 is 22.7. The van der Waals surface area contributed by atoms with Crippen molar-refractivity contribution < 1.29 is 13.9 Å². The first-order valence-electron chi connectivity index (χ1n) is 12.0. The van der Waals surface area contributed by atoms with Gasteiger partial charge in [-0.25, -0.2) is 9.37 Å². The van der Waals surface area contributed by atoms with Crippen LogP contribution in [0.15, 0.2) is 48.9 Å². The van der Waals surface area contributed by atoms with Crippen molar-refractivity contribution in [2.75, 3.05) is 18.2 Å². The number of halogens is 2. The van der Waals surface area contributed by atoms with Crippen LogP contribution in [0, 0.1) is 5.82 Å². The molecule has 2 aromatic carbocycles. The number of carbonyl (C=O) groups excluding carboxylic acids is 1. The molecule has 1 aliphatic carbocycles. The van der Waals surface area contributed by atoms with Gasteiger partial charge < -0.3 is 20.4 Å². The standard InChI is InChI=1S/C27H28ClFN6O2/c1-34-13-22(31-14-34)16-6-8-19(23(11-16)37-3)15-4-5-17(10-15)25-24(26(30)35(2)33-25)27(36)32-18-7-9-21(29)20(28)12-18/h6-9,11-15,17H,4-5,10,30H2,1-3H3,(H,32,36). The van der Waals surface area contributed by atoms with Crippen LogP contribution in [-0.2, 0) is 14.1 Å². The van der Waals surface area contributed by atoms with E-state index in [9.17, 15) is 9.18 Å². The van der Waals surface area contributed by atoms with Crippen molar-refractivity contribution in [1.29, 1.82) is 0 Å². The molecule has 2 unspecified atom stereocenters. The summed E-state index contributed by atoms with van der Waals surface area (Å²) in [7, 11) is 5.34. The SMILES string of the molecule is COc1cc(-c2cn(C)cn2)ccc1C1CCC(c2nn(C)c(N)c2C(=O)Nc2ccc(F)c(Cl)c2)C1. The minimum absolute atomic E-state index is 0.0474. The third-order valence-electron chi connectivity index (χ3n) is 7.02. The van der Waals surface area contributed by atoms with E-state index in [0.29, 0.717) is 16.9 Å².